The van der Waals surface area contributed by atoms with E-state index in [4.69, 9.17) is 24.4 Å². The third-order valence-electron chi connectivity index (χ3n) is 11.0. The monoisotopic (exact) mass is 732 g/mol. The number of nitrogens with zero attached hydrogens (tertiary/aromatic N) is 4. The molecule has 0 amide bonds. The molecule has 57 heavy (non-hydrogen) atoms. The highest BCUT2D eigenvalue weighted by molar-refractivity contribution is 5.90. The van der Waals surface area contributed by atoms with E-state index in [9.17, 15) is 0 Å². The lowest BCUT2D eigenvalue weighted by Crippen LogP contribution is -2.28. The van der Waals surface area contributed by atoms with Crippen molar-refractivity contribution in [2.75, 3.05) is 0 Å². The fourth-order valence-corrected chi connectivity index (χ4v) is 8.48. The Morgan fingerprint density at radius 3 is 1.70 bits per heavy atom. The van der Waals surface area contributed by atoms with Gasteiger partial charge < -0.3 is 9.47 Å². The van der Waals surface area contributed by atoms with Crippen molar-refractivity contribution >= 4 is 0 Å². The summed E-state index contributed by atoms with van der Waals surface area (Å²) in [7, 11) is 0. The SMILES string of the molecule is c1ccc(-c2nc(-c3ccccn3)nc(-c3ccccc3-c3cccc4c3Oc3cc5c(cc3O4)C(c3ccccc3)(c3ccccc3)c3ccccc3-5)n2)cc1. The third-order valence-corrected chi connectivity index (χ3v) is 11.0. The highest BCUT2D eigenvalue weighted by Crippen LogP contribution is 2.60. The number of pyridine rings is 1. The molecule has 1 aliphatic heterocycles. The Kier molecular flexibility index (Phi) is 7.60. The first-order valence-corrected chi connectivity index (χ1v) is 19.0. The van der Waals surface area contributed by atoms with Crippen LogP contribution in [0.4, 0.5) is 0 Å². The second-order valence-electron chi connectivity index (χ2n) is 14.1. The zero-order valence-electron chi connectivity index (χ0n) is 30.6. The normalized spacial score (nSPS) is 13.0. The summed E-state index contributed by atoms with van der Waals surface area (Å²) in [5.74, 6) is 4.17. The molecule has 11 rings (SSSR count). The molecule has 0 N–H and O–H groups in total. The van der Waals surface area contributed by atoms with Crippen LogP contribution in [0.3, 0.4) is 0 Å². The van der Waals surface area contributed by atoms with Gasteiger partial charge in [-0.3, -0.25) is 4.98 Å². The summed E-state index contributed by atoms with van der Waals surface area (Å²) in [5.41, 5.74) is 10.6. The number of para-hydroxylation sites is 1. The molecular formula is C51H32N4O2. The minimum absolute atomic E-state index is 0.495. The van der Waals surface area contributed by atoms with Crippen molar-refractivity contribution in [3.8, 4) is 79.5 Å². The van der Waals surface area contributed by atoms with E-state index >= 15 is 0 Å². The molecule has 0 saturated carbocycles. The lowest BCUT2D eigenvalue weighted by atomic mass is 9.67. The molecule has 0 atom stereocenters. The van der Waals surface area contributed by atoms with E-state index in [1.165, 1.54) is 22.3 Å². The van der Waals surface area contributed by atoms with Gasteiger partial charge in [0.05, 0.1) is 5.41 Å². The number of fused-ring (bicyclic) bond motifs is 5. The number of aromatic nitrogens is 4. The Hall–Kier alpha value is -7.70. The summed E-state index contributed by atoms with van der Waals surface area (Å²) >= 11 is 0. The van der Waals surface area contributed by atoms with E-state index in [-0.39, 0.29) is 0 Å². The first-order chi connectivity index (χ1) is 28.3. The maximum atomic E-state index is 6.97. The molecule has 6 nitrogen and oxygen atoms in total. The Bertz CT molecular complexity index is 2860. The molecule has 2 aliphatic rings. The van der Waals surface area contributed by atoms with E-state index in [2.05, 4.69) is 114 Å². The van der Waals surface area contributed by atoms with E-state index in [1.807, 2.05) is 78.9 Å². The van der Waals surface area contributed by atoms with Crippen LogP contribution in [0, 0.1) is 0 Å². The molecule has 268 valence electrons. The number of benzene rings is 7. The average Bonchev–Trinajstić information content (AvgIpc) is 3.58. The van der Waals surface area contributed by atoms with Crippen LogP contribution >= 0.6 is 0 Å². The molecule has 2 aromatic heterocycles. The minimum atomic E-state index is -0.550. The quantitative estimate of drug-likeness (QED) is 0.169. The molecule has 6 heteroatoms. The van der Waals surface area contributed by atoms with Gasteiger partial charge in [-0.05, 0) is 69.3 Å². The summed E-state index contributed by atoms with van der Waals surface area (Å²) in [6, 6.07) is 64.4. The zero-order valence-corrected chi connectivity index (χ0v) is 30.6. The van der Waals surface area contributed by atoms with Gasteiger partial charge in [-0.25, -0.2) is 15.0 Å². The van der Waals surface area contributed by atoms with Crippen LogP contribution in [0.1, 0.15) is 22.3 Å². The molecule has 0 saturated heterocycles. The van der Waals surface area contributed by atoms with Gasteiger partial charge in [0.25, 0.3) is 0 Å². The average molecular weight is 733 g/mol. The molecule has 7 aromatic carbocycles. The molecular weight excluding hydrogens is 701 g/mol. The fraction of sp³-hybridized carbons (Fsp3) is 0.0196. The Morgan fingerprint density at radius 1 is 0.368 bits per heavy atom. The van der Waals surface area contributed by atoms with Crippen LogP contribution < -0.4 is 9.47 Å². The molecule has 0 fully saturated rings. The first kappa shape index (κ1) is 32.7. The van der Waals surface area contributed by atoms with E-state index < -0.39 is 5.41 Å². The van der Waals surface area contributed by atoms with Gasteiger partial charge in [-0.2, -0.15) is 0 Å². The topological polar surface area (TPSA) is 70.0 Å². The molecule has 0 unspecified atom stereocenters. The van der Waals surface area contributed by atoms with Crippen molar-refractivity contribution in [1.29, 1.82) is 0 Å². The highest BCUT2D eigenvalue weighted by atomic mass is 16.6. The van der Waals surface area contributed by atoms with Gasteiger partial charge in [0.2, 0.25) is 0 Å². The van der Waals surface area contributed by atoms with E-state index in [0.29, 0.717) is 46.2 Å². The van der Waals surface area contributed by atoms with Crippen LogP contribution in [0.5, 0.6) is 23.0 Å². The predicted molar refractivity (Wildman–Crippen MR) is 223 cm³/mol. The van der Waals surface area contributed by atoms with Crippen molar-refractivity contribution in [3.63, 3.8) is 0 Å². The number of ether oxygens (including phenoxy) is 2. The summed E-state index contributed by atoms with van der Waals surface area (Å²) in [5, 5.41) is 0. The van der Waals surface area contributed by atoms with Crippen molar-refractivity contribution < 1.29 is 9.47 Å². The molecule has 9 aromatic rings. The van der Waals surface area contributed by atoms with Crippen LogP contribution in [-0.4, -0.2) is 19.9 Å². The van der Waals surface area contributed by atoms with Crippen molar-refractivity contribution in [1.82, 2.24) is 19.9 Å². The largest absolute Gasteiger partial charge is 0.449 e. The van der Waals surface area contributed by atoms with Crippen molar-refractivity contribution in [2.45, 2.75) is 5.41 Å². The van der Waals surface area contributed by atoms with Gasteiger partial charge in [0.15, 0.2) is 40.5 Å². The van der Waals surface area contributed by atoms with Crippen molar-refractivity contribution in [3.05, 3.63) is 217 Å². The zero-order chi connectivity index (χ0) is 37.8. The highest BCUT2D eigenvalue weighted by Gasteiger charge is 2.47. The number of rotatable bonds is 6. The van der Waals surface area contributed by atoms with Gasteiger partial charge in [0.1, 0.15) is 5.69 Å². The number of hydrogen-bond acceptors (Lipinski definition) is 6. The van der Waals surface area contributed by atoms with Crippen LogP contribution in [0.25, 0.3) is 56.5 Å². The second kappa shape index (κ2) is 13.3. The minimum Gasteiger partial charge on any atom is -0.449 e. The number of hydrogen-bond donors (Lipinski definition) is 0. The standard InChI is InChI=1S/C51H32N4O2/c1-4-17-33(18-5-1)48-53-49(55-50(54-48)43-28-14-15-30-52-43)39-25-11-10-23-36(39)38-26-16-29-44-47(38)57-45-31-40-37-24-12-13-27-41(37)51(34-19-6-2-7-20-34,35-21-8-3-9-22-35)42(40)32-46(45)56-44/h1-32H. The predicted octanol–water partition coefficient (Wildman–Crippen LogP) is 12.2. The van der Waals surface area contributed by atoms with Gasteiger partial charge in [0, 0.05) is 22.9 Å². The summed E-state index contributed by atoms with van der Waals surface area (Å²) in [4.78, 5) is 19.5. The lowest BCUT2D eigenvalue weighted by Gasteiger charge is -2.34. The van der Waals surface area contributed by atoms with Gasteiger partial charge >= 0.3 is 0 Å². The Balaban J connectivity index is 1.06. The maximum absolute atomic E-state index is 6.97. The molecule has 0 radical (unpaired) electrons. The molecule has 3 heterocycles. The lowest BCUT2D eigenvalue weighted by molar-refractivity contribution is 0.360. The Morgan fingerprint density at radius 2 is 0.965 bits per heavy atom. The third kappa shape index (κ3) is 5.26. The first-order valence-electron chi connectivity index (χ1n) is 19.0. The summed E-state index contributed by atoms with van der Waals surface area (Å²) < 4.78 is 13.8. The summed E-state index contributed by atoms with van der Waals surface area (Å²) in [6.07, 6.45) is 1.75. The second-order valence-corrected chi connectivity index (χ2v) is 14.1. The maximum Gasteiger partial charge on any atom is 0.182 e. The molecule has 0 bridgehead atoms. The smallest absolute Gasteiger partial charge is 0.182 e. The van der Waals surface area contributed by atoms with Crippen LogP contribution in [0.2, 0.25) is 0 Å². The molecule has 0 spiro atoms. The van der Waals surface area contributed by atoms with Crippen molar-refractivity contribution in [2.24, 2.45) is 0 Å². The molecule has 1 aliphatic carbocycles. The van der Waals surface area contributed by atoms with Gasteiger partial charge in [-0.15, -0.1) is 0 Å². The van der Waals surface area contributed by atoms with Crippen LogP contribution in [0.15, 0.2) is 194 Å². The fourth-order valence-electron chi connectivity index (χ4n) is 8.48. The van der Waals surface area contributed by atoms with E-state index in [0.717, 1.165) is 33.4 Å². The van der Waals surface area contributed by atoms with Crippen LogP contribution in [-0.2, 0) is 5.41 Å². The van der Waals surface area contributed by atoms with Gasteiger partial charge in [-0.1, -0.05) is 158 Å². The Labute approximate surface area is 329 Å². The van der Waals surface area contributed by atoms with E-state index in [1.54, 1.807) is 6.20 Å². The summed E-state index contributed by atoms with van der Waals surface area (Å²) in [6.45, 7) is 0.